The van der Waals surface area contributed by atoms with Crippen molar-refractivity contribution in [2.45, 2.75) is 0 Å². The first-order valence-corrected chi connectivity index (χ1v) is 7.10. The van der Waals surface area contributed by atoms with E-state index in [4.69, 9.17) is 16.6 Å². The zero-order chi connectivity index (χ0) is 16.2. The van der Waals surface area contributed by atoms with Crippen LogP contribution in [0.1, 0.15) is 10.4 Å². The fourth-order valence-electron chi connectivity index (χ4n) is 1.97. The number of hydrogen-bond donors (Lipinski definition) is 2. The molecule has 3 aromatic rings. The number of aromatic nitrogens is 1. The van der Waals surface area contributed by atoms with Crippen molar-refractivity contribution in [3.8, 4) is 0 Å². The monoisotopic (exact) mass is 325 g/mol. The van der Waals surface area contributed by atoms with Gasteiger partial charge in [-0.1, -0.05) is 24.3 Å². The van der Waals surface area contributed by atoms with Gasteiger partial charge in [0.05, 0.1) is 0 Å². The summed E-state index contributed by atoms with van der Waals surface area (Å²) in [5.41, 5.74) is -0.418. The van der Waals surface area contributed by atoms with Crippen molar-refractivity contribution in [2.75, 3.05) is 5.32 Å². The molecule has 0 saturated carbocycles. The van der Waals surface area contributed by atoms with Crippen molar-refractivity contribution in [2.24, 2.45) is 0 Å². The van der Waals surface area contributed by atoms with Crippen molar-refractivity contribution < 1.29 is 9.21 Å². The summed E-state index contributed by atoms with van der Waals surface area (Å²) in [4.78, 5) is 28.1. The molecule has 1 aromatic carbocycles. The summed E-state index contributed by atoms with van der Waals surface area (Å²) in [6.45, 7) is 0. The molecule has 0 fully saturated rings. The number of hydrogen-bond acceptors (Lipinski definition) is 5. The Morgan fingerprint density at radius 3 is 2.70 bits per heavy atom. The first kappa shape index (κ1) is 14.9. The first-order chi connectivity index (χ1) is 11.1. The lowest BCUT2D eigenvalue weighted by Crippen LogP contribution is -2.36. The highest BCUT2D eigenvalue weighted by atomic mass is 32.1. The largest absolute Gasteiger partial charge is 0.422 e. The number of thiocarbonyl (C=S) groups is 1. The number of fused-ring (bicyclic) bond motifs is 1. The van der Waals surface area contributed by atoms with E-state index in [0.717, 1.165) is 0 Å². The van der Waals surface area contributed by atoms with Gasteiger partial charge in [-0.15, -0.1) is 0 Å². The van der Waals surface area contributed by atoms with E-state index in [2.05, 4.69) is 15.6 Å². The van der Waals surface area contributed by atoms with Gasteiger partial charge in [-0.2, -0.15) is 0 Å². The Morgan fingerprint density at radius 2 is 1.91 bits per heavy atom. The van der Waals surface area contributed by atoms with E-state index in [9.17, 15) is 9.59 Å². The van der Waals surface area contributed by atoms with Crippen LogP contribution in [0, 0.1) is 0 Å². The predicted octanol–water partition coefficient (Wildman–Crippen LogP) is 2.31. The normalized spacial score (nSPS) is 10.3. The number of carbonyl (C=O) groups is 1. The third-order valence-corrected chi connectivity index (χ3v) is 3.22. The Balaban J connectivity index is 1.79. The predicted molar refractivity (Wildman–Crippen MR) is 90.4 cm³/mol. The Hall–Kier alpha value is -3.06. The minimum atomic E-state index is -0.721. The van der Waals surface area contributed by atoms with Crippen molar-refractivity contribution in [3.63, 3.8) is 0 Å². The standard InChI is InChI=1S/C16H11N3O3S/c20-14(19-16(23)18-13-7-3-4-8-17-13)11-9-10-5-1-2-6-12(10)22-15(11)21/h1-9H,(H2,17,18,19,20,23). The van der Waals surface area contributed by atoms with E-state index < -0.39 is 11.5 Å². The van der Waals surface area contributed by atoms with Crippen LogP contribution in [0.5, 0.6) is 0 Å². The maximum atomic E-state index is 12.2. The van der Waals surface area contributed by atoms with E-state index in [1.807, 2.05) is 0 Å². The smallest absolute Gasteiger partial charge is 0.349 e. The van der Waals surface area contributed by atoms with Crippen molar-refractivity contribution in [1.29, 1.82) is 0 Å². The molecular formula is C16H11N3O3S. The van der Waals surface area contributed by atoms with Crippen LogP contribution in [0.15, 0.2) is 63.9 Å². The number of nitrogens with zero attached hydrogens (tertiary/aromatic N) is 1. The fourth-order valence-corrected chi connectivity index (χ4v) is 2.17. The maximum absolute atomic E-state index is 12.2. The van der Waals surface area contributed by atoms with Gasteiger partial charge < -0.3 is 9.73 Å². The summed E-state index contributed by atoms with van der Waals surface area (Å²) in [5.74, 6) is -0.152. The summed E-state index contributed by atoms with van der Waals surface area (Å²) >= 11 is 5.04. The van der Waals surface area contributed by atoms with E-state index in [1.165, 1.54) is 6.07 Å². The van der Waals surface area contributed by atoms with Crippen molar-refractivity contribution in [1.82, 2.24) is 10.3 Å². The Labute approximate surface area is 136 Å². The molecule has 0 bridgehead atoms. The van der Waals surface area contributed by atoms with E-state index in [1.54, 1.807) is 48.7 Å². The highest BCUT2D eigenvalue weighted by molar-refractivity contribution is 7.80. The summed E-state index contributed by atoms with van der Waals surface area (Å²) < 4.78 is 5.12. The summed E-state index contributed by atoms with van der Waals surface area (Å²) in [5, 5.41) is 5.88. The van der Waals surface area contributed by atoms with Gasteiger partial charge >= 0.3 is 5.63 Å². The van der Waals surface area contributed by atoms with Crippen LogP contribution in [0.4, 0.5) is 5.82 Å². The quantitative estimate of drug-likeness (QED) is 0.556. The highest BCUT2D eigenvalue weighted by Gasteiger charge is 2.15. The molecule has 114 valence electrons. The molecule has 0 saturated heterocycles. The number of amides is 1. The van der Waals surface area contributed by atoms with E-state index in [-0.39, 0.29) is 10.7 Å². The number of carbonyl (C=O) groups excluding carboxylic acids is 1. The van der Waals surface area contributed by atoms with Crippen molar-refractivity contribution in [3.05, 3.63) is 70.7 Å². The van der Waals surface area contributed by atoms with Crippen LogP contribution in [0.25, 0.3) is 11.0 Å². The SMILES string of the molecule is O=C(NC(=S)Nc1ccccn1)c1cc2ccccc2oc1=O. The van der Waals surface area contributed by atoms with Crippen molar-refractivity contribution >= 4 is 40.0 Å². The average molecular weight is 325 g/mol. The van der Waals surface area contributed by atoms with E-state index >= 15 is 0 Å². The minimum absolute atomic E-state index is 0.0428. The number of para-hydroxylation sites is 1. The second-order valence-corrected chi connectivity index (χ2v) is 5.02. The molecule has 0 radical (unpaired) electrons. The lowest BCUT2D eigenvalue weighted by atomic mass is 10.2. The van der Waals surface area contributed by atoms with Gasteiger partial charge in [0.25, 0.3) is 5.91 Å². The molecule has 1 amide bonds. The molecule has 23 heavy (non-hydrogen) atoms. The molecular weight excluding hydrogens is 314 g/mol. The van der Waals surface area contributed by atoms with Crippen LogP contribution >= 0.6 is 12.2 Å². The number of nitrogens with one attached hydrogen (secondary N) is 2. The van der Waals surface area contributed by atoms with Crippen LogP contribution in [-0.2, 0) is 0 Å². The summed E-state index contributed by atoms with van der Waals surface area (Å²) in [7, 11) is 0. The molecule has 2 heterocycles. The number of benzene rings is 1. The summed E-state index contributed by atoms with van der Waals surface area (Å²) in [6.07, 6.45) is 1.59. The third kappa shape index (κ3) is 3.41. The molecule has 7 heteroatoms. The third-order valence-electron chi connectivity index (χ3n) is 3.02. The lowest BCUT2D eigenvalue weighted by Gasteiger charge is -2.08. The Bertz CT molecular complexity index is 938. The molecule has 0 aliphatic heterocycles. The van der Waals surface area contributed by atoms with Gasteiger partial charge in [-0.05, 0) is 36.5 Å². The molecule has 3 rings (SSSR count). The second-order valence-electron chi connectivity index (χ2n) is 4.61. The molecule has 6 nitrogen and oxygen atoms in total. The fraction of sp³-hybridized carbons (Fsp3) is 0. The number of rotatable bonds is 2. The average Bonchev–Trinajstić information content (AvgIpc) is 2.55. The number of pyridine rings is 1. The first-order valence-electron chi connectivity index (χ1n) is 6.70. The van der Waals surface area contributed by atoms with Crippen LogP contribution in [0.2, 0.25) is 0 Å². The highest BCUT2D eigenvalue weighted by Crippen LogP contribution is 2.12. The van der Waals surface area contributed by atoms with Gasteiger partial charge in [0.2, 0.25) is 0 Å². The Kier molecular flexibility index (Phi) is 4.11. The Morgan fingerprint density at radius 1 is 1.13 bits per heavy atom. The molecule has 0 atom stereocenters. The van der Waals surface area contributed by atoms with Gasteiger partial charge in [0.1, 0.15) is 17.0 Å². The molecule has 2 aromatic heterocycles. The van der Waals surface area contributed by atoms with Gasteiger partial charge in [0, 0.05) is 11.6 Å². The molecule has 0 spiro atoms. The topological polar surface area (TPSA) is 84.2 Å². The zero-order valence-corrected chi connectivity index (χ0v) is 12.6. The molecule has 0 unspecified atom stereocenters. The molecule has 0 aliphatic carbocycles. The maximum Gasteiger partial charge on any atom is 0.349 e. The zero-order valence-electron chi connectivity index (χ0n) is 11.8. The van der Waals surface area contributed by atoms with Crippen LogP contribution in [0.3, 0.4) is 0 Å². The minimum Gasteiger partial charge on any atom is -0.422 e. The summed E-state index contributed by atoms with van der Waals surface area (Å²) in [6, 6.07) is 13.6. The lowest BCUT2D eigenvalue weighted by molar-refractivity contribution is 0.0974. The number of anilines is 1. The molecule has 0 aliphatic rings. The van der Waals surface area contributed by atoms with Crippen LogP contribution in [-0.4, -0.2) is 16.0 Å². The van der Waals surface area contributed by atoms with Gasteiger partial charge in [-0.3, -0.25) is 10.1 Å². The van der Waals surface area contributed by atoms with Gasteiger partial charge in [-0.25, -0.2) is 9.78 Å². The van der Waals surface area contributed by atoms with Gasteiger partial charge in [0.15, 0.2) is 5.11 Å². The molecule has 2 N–H and O–H groups in total. The second kappa shape index (κ2) is 6.37. The van der Waals surface area contributed by atoms with E-state index in [0.29, 0.717) is 16.8 Å². The van der Waals surface area contributed by atoms with Crippen LogP contribution < -0.4 is 16.3 Å².